The number of ether oxygens (including phenoxy) is 1. The fraction of sp³-hybridized carbons (Fsp3) is 0.647. The minimum atomic E-state index is -3.40. The number of halogens is 1. The summed E-state index contributed by atoms with van der Waals surface area (Å²) in [6, 6.07) is 5.88. The zero-order valence-electron chi connectivity index (χ0n) is 13.6. The summed E-state index contributed by atoms with van der Waals surface area (Å²) in [5, 5.41) is 0. The van der Waals surface area contributed by atoms with E-state index < -0.39 is 10.2 Å². The van der Waals surface area contributed by atoms with Gasteiger partial charge in [-0.15, -0.1) is 0 Å². The van der Waals surface area contributed by atoms with Gasteiger partial charge in [-0.2, -0.15) is 17.0 Å². The minimum Gasteiger partial charge on any atom is -0.492 e. The fourth-order valence-corrected chi connectivity index (χ4v) is 6.51. The highest BCUT2D eigenvalue weighted by Gasteiger charge is 2.53. The number of hydrogen-bond acceptors (Lipinski definition) is 3. The standard InChI is InChI=1S/C17H23FN2O3S/c18-14-4-7-16(8-5-14)23-12-17-13-3-6-15(11-13)20(17)24(21,22)19-9-1-2-10-19/h4-5,7-8,13,15,17H,1-3,6,9-12H2/t13-,15-,17+/m1/s1. The lowest BCUT2D eigenvalue weighted by atomic mass is 10.0. The molecule has 0 amide bonds. The third kappa shape index (κ3) is 2.82. The van der Waals surface area contributed by atoms with Crippen LogP contribution in [0, 0.1) is 11.7 Å². The summed E-state index contributed by atoms with van der Waals surface area (Å²) in [5.41, 5.74) is 0. The van der Waals surface area contributed by atoms with Gasteiger partial charge in [-0.25, -0.2) is 4.39 Å². The van der Waals surface area contributed by atoms with Crippen molar-refractivity contribution >= 4 is 10.2 Å². The van der Waals surface area contributed by atoms with Gasteiger partial charge in [0.05, 0.1) is 6.04 Å². The van der Waals surface area contributed by atoms with Crippen LogP contribution < -0.4 is 4.74 Å². The lowest BCUT2D eigenvalue weighted by Crippen LogP contribution is -2.52. The Morgan fingerprint density at radius 1 is 1.12 bits per heavy atom. The molecule has 4 rings (SSSR count). The first-order chi connectivity index (χ1) is 11.6. The van der Waals surface area contributed by atoms with E-state index in [0.29, 0.717) is 31.4 Å². The van der Waals surface area contributed by atoms with E-state index in [4.69, 9.17) is 4.74 Å². The van der Waals surface area contributed by atoms with Crippen molar-refractivity contribution < 1.29 is 17.5 Å². The lowest BCUT2D eigenvalue weighted by Gasteiger charge is -2.36. The molecule has 3 fully saturated rings. The fourth-order valence-electron chi connectivity index (χ4n) is 4.38. The van der Waals surface area contributed by atoms with Crippen LogP contribution in [0.1, 0.15) is 32.1 Å². The molecule has 3 aliphatic rings. The van der Waals surface area contributed by atoms with E-state index in [1.54, 1.807) is 20.7 Å². The molecule has 0 unspecified atom stereocenters. The summed E-state index contributed by atoms with van der Waals surface area (Å²) >= 11 is 0. The number of benzene rings is 1. The summed E-state index contributed by atoms with van der Waals surface area (Å²) in [4.78, 5) is 0. The normalized spacial score (nSPS) is 31.0. The van der Waals surface area contributed by atoms with Gasteiger partial charge in [0.25, 0.3) is 10.2 Å². The molecule has 2 heterocycles. The number of rotatable bonds is 5. The van der Waals surface area contributed by atoms with Crippen molar-refractivity contribution in [1.82, 2.24) is 8.61 Å². The van der Waals surface area contributed by atoms with E-state index in [1.807, 2.05) is 0 Å². The Balaban J connectivity index is 1.51. The first-order valence-corrected chi connectivity index (χ1v) is 10.1. The molecule has 132 valence electrons. The molecule has 0 aromatic heterocycles. The predicted molar refractivity (Wildman–Crippen MR) is 88.4 cm³/mol. The minimum absolute atomic E-state index is 0.112. The SMILES string of the molecule is O=S(=O)(N1CCCC1)N1[C@@H]2CC[C@H](C2)[C@@H]1COc1ccc(F)cc1. The third-order valence-corrected chi connectivity index (χ3v) is 7.69. The van der Waals surface area contributed by atoms with Crippen molar-refractivity contribution in [2.75, 3.05) is 19.7 Å². The third-order valence-electron chi connectivity index (χ3n) is 5.57. The van der Waals surface area contributed by atoms with Gasteiger partial charge < -0.3 is 4.74 Å². The van der Waals surface area contributed by atoms with E-state index >= 15 is 0 Å². The van der Waals surface area contributed by atoms with Gasteiger partial charge in [0, 0.05) is 19.1 Å². The summed E-state index contributed by atoms with van der Waals surface area (Å²) in [6.45, 7) is 1.59. The molecule has 2 bridgehead atoms. The molecule has 3 atom stereocenters. The largest absolute Gasteiger partial charge is 0.492 e. The van der Waals surface area contributed by atoms with Crippen LogP contribution in [0.2, 0.25) is 0 Å². The molecule has 24 heavy (non-hydrogen) atoms. The Labute approximate surface area is 142 Å². The maximum Gasteiger partial charge on any atom is 0.282 e. The van der Waals surface area contributed by atoms with Crippen LogP contribution in [0.3, 0.4) is 0 Å². The first kappa shape index (κ1) is 16.3. The van der Waals surface area contributed by atoms with Gasteiger partial charge in [-0.1, -0.05) is 0 Å². The van der Waals surface area contributed by atoms with Crippen molar-refractivity contribution in [3.8, 4) is 5.75 Å². The van der Waals surface area contributed by atoms with Crippen LogP contribution in [-0.4, -0.2) is 48.8 Å². The molecule has 1 saturated carbocycles. The topological polar surface area (TPSA) is 49.9 Å². The summed E-state index contributed by atoms with van der Waals surface area (Å²) < 4.78 is 48.2. The molecule has 0 N–H and O–H groups in total. The Morgan fingerprint density at radius 2 is 1.83 bits per heavy atom. The van der Waals surface area contributed by atoms with Crippen LogP contribution in [0.5, 0.6) is 5.75 Å². The quantitative estimate of drug-likeness (QED) is 0.816. The molecule has 1 aliphatic carbocycles. The van der Waals surface area contributed by atoms with E-state index in [1.165, 1.54) is 12.1 Å². The van der Waals surface area contributed by atoms with Gasteiger partial charge in [-0.3, -0.25) is 0 Å². The van der Waals surface area contributed by atoms with E-state index in [2.05, 4.69) is 0 Å². The highest BCUT2D eigenvalue weighted by molar-refractivity contribution is 7.86. The van der Waals surface area contributed by atoms with Crippen molar-refractivity contribution in [2.24, 2.45) is 5.92 Å². The van der Waals surface area contributed by atoms with Crippen molar-refractivity contribution in [2.45, 2.75) is 44.2 Å². The molecule has 7 heteroatoms. The number of fused-ring (bicyclic) bond motifs is 2. The van der Waals surface area contributed by atoms with Crippen LogP contribution in [0.15, 0.2) is 24.3 Å². The average Bonchev–Trinajstić information content (AvgIpc) is 3.30. The second-order valence-electron chi connectivity index (χ2n) is 7.00. The van der Waals surface area contributed by atoms with Gasteiger partial charge in [-0.05, 0) is 62.3 Å². The second-order valence-corrected chi connectivity index (χ2v) is 8.84. The zero-order chi connectivity index (χ0) is 16.7. The van der Waals surface area contributed by atoms with Gasteiger partial charge in [0.1, 0.15) is 18.2 Å². The maximum atomic E-state index is 13.0. The molecule has 2 aliphatic heterocycles. The molecule has 2 saturated heterocycles. The Hall–Kier alpha value is -1.18. The van der Waals surface area contributed by atoms with Crippen LogP contribution in [-0.2, 0) is 10.2 Å². The summed E-state index contributed by atoms with van der Waals surface area (Å²) in [6.07, 6.45) is 4.83. The molecule has 5 nitrogen and oxygen atoms in total. The van der Waals surface area contributed by atoms with Crippen LogP contribution >= 0.6 is 0 Å². The Morgan fingerprint density at radius 3 is 2.54 bits per heavy atom. The van der Waals surface area contributed by atoms with E-state index in [-0.39, 0.29) is 17.9 Å². The maximum absolute atomic E-state index is 13.0. The predicted octanol–water partition coefficient (Wildman–Crippen LogP) is 2.40. The number of piperidine rings is 1. The van der Waals surface area contributed by atoms with Crippen LogP contribution in [0.4, 0.5) is 4.39 Å². The molecule has 1 aromatic rings. The van der Waals surface area contributed by atoms with Gasteiger partial charge in [0.15, 0.2) is 0 Å². The van der Waals surface area contributed by atoms with Gasteiger partial charge >= 0.3 is 0 Å². The van der Waals surface area contributed by atoms with E-state index in [0.717, 1.165) is 32.1 Å². The molecule has 1 aromatic carbocycles. The van der Waals surface area contributed by atoms with Crippen molar-refractivity contribution in [3.05, 3.63) is 30.1 Å². The molecular weight excluding hydrogens is 331 g/mol. The number of hydrogen-bond donors (Lipinski definition) is 0. The summed E-state index contributed by atoms with van der Waals surface area (Å²) in [7, 11) is -3.40. The summed E-state index contributed by atoms with van der Waals surface area (Å²) in [5.74, 6) is 0.644. The lowest BCUT2D eigenvalue weighted by molar-refractivity contribution is 0.156. The monoisotopic (exact) mass is 354 g/mol. The average molecular weight is 354 g/mol. The molecule has 0 spiro atoms. The van der Waals surface area contributed by atoms with E-state index in [9.17, 15) is 12.8 Å². The van der Waals surface area contributed by atoms with Crippen LogP contribution in [0.25, 0.3) is 0 Å². The smallest absolute Gasteiger partial charge is 0.282 e. The van der Waals surface area contributed by atoms with Crippen molar-refractivity contribution in [3.63, 3.8) is 0 Å². The first-order valence-electron chi connectivity index (χ1n) is 8.73. The molecule has 0 radical (unpaired) electrons. The Bertz CT molecular complexity index is 688. The highest BCUT2D eigenvalue weighted by atomic mass is 32.2. The highest BCUT2D eigenvalue weighted by Crippen LogP contribution is 2.45. The second kappa shape index (κ2) is 6.28. The zero-order valence-corrected chi connectivity index (χ0v) is 14.4. The van der Waals surface area contributed by atoms with Crippen molar-refractivity contribution in [1.29, 1.82) is 0 Å². The number of nitrogens with zero attached hydrogens (tertiary/aromatic N) is 2. The Kier molecular flexibility index (Phi) is 4.26. The van der Waals surface area contributed by atoms with Gasteiger partial charge in [0.2, 0.25) is 0 Å². The molecular formula is C17H23FN2O3S.